The molecule has 0 spiro atoms. The number of carbonyl (C=O) groups is 1. The van der Waals surface area contributed by atoms with Crippen LogP contribution < -0.4 is 4.74 Å². The average Bonchev–Trinajstić information content (AvgIpc) is 3.18. The van der Waals surface area contributed by atoms with Gasteiger partial charge >= 0.3 is 0 Å². The van der Waals surface area contributed by atoms with Crippen molar-refractivity contribution in [3.05, 3.63) is 93.5 Å². The molecule has 0 radical (unpaired) electrons. The molecular formula is C32H30BrClO10. The first-order valence-electron chi connectivity index (χ1n) is 13.4. The van der Waals surface area contributed by atoms with E-state index in [2.05, 4.69) is 0 Å². The van der Waals surface area contributed by atoms with E-state index in [9.17, 15) is 45.6 Å². The van der Waals surface area contributed by atoms with Crippen LogP contribution in [0.15, 0.2) is 60.7 Å². The number of carbonyl (C=O) groups excluding carboxylic acids is 1. The molecule has 0 amide bonds. The van der Waals surface area contributed by atoms with E-state index in [1.165, 1.54) is 12.1 Å². The van der Waals surface area contributed by atoms with Gasteiger partial charge in [0.25, 0.3) is 0 Å². The number of Topliss-reactive ketones (excluding diaryl/α,β-unsaturated/α-hetero) is 1. The first-order chi connectivity index (χ1) is 20.5. The van der Waals surface area contributed by atoms with Crippen LogP contribution in [0.3, 0.4) is 0 Å². The summed E-state index contributed by atoms with van der Waals surface area (Å²) in [7, 11) is 0. The summed E-state index contributed by atoms with van der Waals surface area (Å²) in [6, 6.07) is 14.6. The highest BCUT2D eigenvalue weighted by atomic mass is 79.9. The number of benzene rings is 4. The Morgan fingerprint density at radius 3 is 2.09 bits per heavy atom. The van der Waals surface area contributed by atoms with Crippen LogP contribution in [-0.2, 0) is 6.42 Å². The van der Waals surface area contributed by atoms with Gasteiger partial charge in [0, 0.05) is 18.1 Å². The van der Waals surface area contributed by atoms with Gasteiger partial charge in [-0.2, -0.15) is 0 Å². The number of halogens is 2. The lowest BCUT2D eigenvalue weighted by Gasteiger charge is -2.30. The van der Waals surface area contributed by atoms with Gasteiger partial charge in [0.2, 0.25) is 5.78 Å². The molecule has 2 aliphatic rings. The van der Waals surface area contributed by atoms with Crippen molar-refractivity contribution in [2.24, 2.45) is 0 Å². The second-order valence-corrected chi connectivity index (χ2v) is 10.8. The van der Waals surface area contributed by atoms with E-state index in [1.54, 1.807) is 18.2 Å². The van der Waals surface area contributed by atoms with E-state index >= 15 is 0 Å². The zero-order valence-corrected chi connectivity index (χ0v) is 25.5. The van der Waals surface area contributed by atoms with Gasteiger partial charge in [-0.1, -0.05) is 36.2 Å². The summed E-state index contributed by atoms with van der Waals surface area (Å²) in [5.74, 6) is -2.47. The van der Waals surface area contributed by atoms with Crippen LogP contribution in [0.5, 0.6) is 46.0 Å². The number of ketones is 1. The number of hydrogen-bond donors (Lipinski definition) is 8. The number of hydrogen-bond acceptors (Lipinski definition) is 10. The number of aliphatic hydroxyl groups is 1. The van der Waals surface area contributed by atoms with Crippen LogP contribution in [0.4, 0.5) is 0 Å². The van der Waals surface area contributed by atoms with Crippen LogP contribution in [0.25, 0.3) is 0 Å². The maximum Gasteiger partial charge on any atom is 0.202 e. The molecule has 1 aliphatic heterocycles. The Bertz CT molecular complexity index is 1690. The second-order valence-electron chi connectivity index (χ2n) is 10.4. The minimum atomic E-state index is -1.60. The van der Waals surface area contributed by atoms with Gasteiger partial charge in [-0.25, -0.2) is 0 Å². The predicted octanol–water partition coefficient (Wildman–Crippen LogP) is 6.08. The summed E-state index contributed by atoms with van der Waals surface area (Å²) in [4.78, 5) is 12.2. The molecule has 1 heterocycles. The first-order valence-corrected chi connectivity index (χ1v) is 13.8. The molecule has 10 nitrogen and oxygen atoms in total. The number of aromatic hydroxyl groups is 7. The standard InChI is InChI=1S/C17H17ClO3.C15H12O7.BrH/c18-16-13-4-2-1-3-12(10-5-7-11(19)8-6-10)14(13)9-15(20)17(16)21;16-7-4-10(19)12-11(5-7)22-15(14(21)13(12)20)6-1-2-8(17)9(18)3-6;/h5-9,12,19-21H,1-4H2;1-5,14-19,21H;1H/t;14-,15-;/m.1./s1. The Hall–Kier alpha value is -4.32. The van der Waals surface area contributed by atoms with Crippen molar-refractivity contribution in [1.82, 2.24) is 0 Å². The minimum absolute atomic E-state index is 0. The molecule has 0 fully saturated rings. The number of phenols is 7. The molecule has 0 bridgehead atoms. The summed E-state index contributed by atoms with van der Waals surface area (Å²) < 4.78 is 5.47. The summed E-state index contributed by atoms with van der Waals surface area (Å²) in [6.07, 6.45) is 1.07. The van der Waals surface area contributed by atoms with Crippen LogP contribution in [0.2, 0.25) is 5.02 Å². The molecule has 232 valence electrons. The monoisotopic (exact) mass is 688 g/mol. The summed E-state index contributed by atoms with van der Waals surface area (Å²) in [6.45, 7) is 0. The second kappa shape index (κ2) is 13.1. The van der Waals surface area contributed by atoms with Crippen LogP contribution in [0.1, 0.15) is 63.9 Å². The summed E-state index contributed by atoms with van der Waals surface area (Å²) >= 11 is 6.22. The Morgan fingerprint density at radius 1 is 0.727 bits per heavy atom. The Morgan fingerprint density at radius 2 is 1.41 bits per heavy atom. The first kappa shape index (κ1) is 32.6. The van der Waals surface area contributed by atoms with E-state index < -0.39 is 29.5 Å². The summed E-state index contributed by atoms with van der Waals surface area (Å²) in [5, 5.41) is 77.5. The smallest absolute Gasteiger partial charge is 0.202 e. The number of ether oxygens (including phenoxy) is 1. The van der Waals surface area contributed by atoms with Gasteiger partial charge in [-0.15, -0.1) is 17.0 Å². The van der Waals surface area contributed by atoms with Gasteiger partial charge < -0.3 is 45.6 Å². The van der Waals surface area contributed by atoms with Crippen molar-refractivity contribution in [3.63, 3.8) is 0 Å². The molecule has 1 unspecified atom stereocenters. The van der Waals surface area contributed by atoms with Crippen LogP contribution >= 0.6 is 28.6 Å². The van der Waals surface area contributed by atoms with Gasteiger partial charge in [0.15, 0.2) is 35.2 Å². The fourth-order valence-corrected chi connectivity index (χ4v) is 5.79. The summed E-state index contributed by atoms with van der Waals surface area (Å²) in [5.41, 5.74) is 3.01. The van der Waals surface area contributed by atoms with Gasteiger partial charge in [0.1, 0.15) is 28.6 Å². The third-order valence-electron chi connectivity index (χ3n) is 7.65. The topological polar surface area (TPSA) is 188 Å². The fraction of sp³-hybridized carbons (Fsp3) is 0.219. The number of phenolic OH excluding ortho intramolecular Hbond substituents is 7. The molecular weight excluding hydrogens is 660 g/mol. The quantitative estimate of drug-likeness (QED) is 0.0905. The predicted molar refractivity (Wildman–Crippen MR) is 166 cm³/mol. The van der Waals surface area contributed by atoms with E-state index in [4.69, 9.17) is 16.3 Å². The van der Waals surface area contributed by atoms with Crippen molar-refractivity contribution < 1.29 is 50.4 Å². The molecule has 1 aliphatic carbocycles. The molecule has 6 rings (SSSR count). The van der Waals surface area contributed by atoms with Gasteiger partial charge in [0.05, 0.1) is 5.02 Å². The van der Waals surface area contributed by atoms with Crippen molar-refractivity contribution >= 4 is 34.4 Å². The van der Waals surface area contributed by atoms with Crippen molar-refractivity contribution in [2.75, 3.05) is 0 Å². The average molecular weight is 690 g/mol. The minimum Gasteiger partial charge on any atom is -0.508 e. The molecule has 0 saturated carbocycles. The maximum absolute atomic E-state index is 12.2. The molecule has 3 atom stereocenters. The number of fused-ring (bicyclic) bond motifs is 2. The highest BCUT2D eigenvalue weighted by Crippen LogP contribution is 2.46. The van der Waals surface area contributed by atoms with E-state index in [0.717, 1.165) is 60.6 Å². The maximum atomic E-state index is 12.2. The Balaban J connectivity index is 0.000000197. The van der Waals surface area contributed by atoms with Crippen LogP contribution in [-0.4, -0.2) is 52.7 Å². The third kappa shape index (κ3) is 6.30. The van der Waals surface area contributed by atoms with Crippen molar-refractivity contribution in [1.29, 1.82) is 0 Å². The number of aliphatic hydroxyl groups excluding tert-OH is 1. The molecule has 4 aromatic carbocycles. The lowest BCUT2D eigenvalue weighted by atomic mass is 9.86. The molecule has 0 aromatic heterocycles. The largest absolute Gasteiger partial charge is 0.508 e. The Kier molecular flexibility index (Phi) is 9.72. The van der Waals surface area contributed by atoms with Gasteiger partial charge in [-0.05, 0) is 71.8 Å². The van der Waals surface area contributed by atoms with Crippen molar-refractivity contribution in [2.45, 2.75) is 43.8 Å². The molecule has 12 heteroatoms. The van der Waals surface area contributed by atoms with E-state index in [1.807, 2.05) is 12.1 Å². The lowest BCUT2D eigenvalue weighted by molar-refractivity contribution is 0.0210. The SMILES string of the molecule is Br.O=C1c2c(O)cc(O)cc2O[C@H](c2ccc(O)c(O)c2)[C@@H]1O.Oc1ccc(C2CCCCc3c2cc(O)c(O)c3Cl)cc1. The lowest BCUT2D eigenvalue weighted by Crippen LogP contribution is -2.36. The van der Waals surface area contributed by atoms with Crippen molar-refractivity contribution in [3.8, 4) is 46.0 Å². The molecule has 8 N–H and O–H groups in total. The zero-order chi connectivity index (χ0) is 31.0. The number of rotatable bonds is 2. The van der Waals surface area contributed by atoms with Gasteiger partial charge in [-0.3, -0.25) is 4.79 Å². The highest BCUT2D eigenvalue weighted by molar-refractivity contribution is 8.93. The zero-order valence-electron chi connectivity index (χ0n) is 23.0. The fourth-order valence-electron chi connectivity index (χ4n) is 5.49. The highest BCUT2D eigenvalue weighted by Gasteiger charge is 2.39. The Labute approximate surface area is 267 Å². The van der Waals surface area contributed by atoms with E-state index in [0.29, 0.717) is 0 Å². The molecule has 4 aromatic rings. The van der Waals surface area contributed by atoms with Crippen LogP contribution in [0, 0.1) is 0 Å². The third-order valence-corrected chi connectivity index (χ3v) is 8.05. The molecule has 0 saturated heterocycles. The van der Waals surface area contributed by atoms with E-state index in [-0.39, 0.29) is 73.5 Å². The molecule has 44 heavy (non-hydrogen) atoms. The normalized spacial score (nSPS) is 18.8.